The van der Waals surface area contributed by atoms with Gasteiger partial charge in [-0.1, -0.05) is 48.5 Å². The predicted octanol–water partition coefficient (Wildman–Crippen LogP) is 5.12. The molecule has 0 saturated heterocycles. The monoisotopic (exact) mass is 354 g/mol. The van der Waals surface area contributed by atoms with Gasteiger partial charge in [0.15, 0.2) is 0 Å². The summed E-state index contributed by atoms with van der Waals surface area (Å²) in [6, 6.07) is 6.63. The van der Waals surface area contributed by atoms with Crippen LogP contribution in [-0.4, -0.2) is 29.4 Å². The second-order valence-electron chi connectivity index (χ2n) is 6.66. The highest BCUT2D eigenvalue weighted by molar-refractivity contribution is 6.39. The quantitative estimate of drug-likeness (QED) is 0.768. The first-order valence-electron chi connectivity index (χ1n) is 8.65. The van der Waals surface area contributed by atoms with E-state index in [-0.39, 0.29) is 5.91 Å². The summed E-state index contributed by atoms with van der Waals surface area (Å²) in [5, 5.41) is 3.83. The van der Waals surface area contributed by atoms with Crippen molar-refractivity contribution in [2.75, 3.05) is 11.9 Å². The molecule has 5 heteroatoms. The minimum Gasteiger partial charge on any atom is -0.324 e. The van der Waals surface area contributed by atoms with E-state index in [0.717, 1.165) is 6.54 Å². The van der Waals surface area contributed by atoms with Gasteiger partial charge in [-0.15, -0.1) is 0 Å². The minimum absolute atomic E-state index is 0.0125. The van der Waals surface area contributed by atoms with E-state index in [1.54, 1.807) is 18.2 Å². The zero-order valence-electron chi connectivity index (χ0n) is 13.4. The molecule has 3 nitrogen and oxygen atoms in total. The van der Waals surface area contributed by atoms with Crippen molar-refractivity contribution in [2.24, 2.45) is 0 Å². The van der Waals surface area contributed by atoms with E-state index < -0.39 is 0 Å². The maximum Gasteiger partial charge on any atom is 0.225 e. The molecule has 1 aromatic rings. The van der Waals surface area contributed by atoms with Crippen LogP contribution < -0.4 is 5.32 Å². The Morgan fingerprint density at radius 1 is 1.04 bits per heavy atom. The molecular weight excluding hydrogens is 331 g/mol. The molecule has 0 radical (unpaired) electrons. The van der Waals surface area contributed by atoms with Gasteiger partial charge in [-0.3, -0.25) is 9.69 Å². The number of para-hydroxylation sites is 1. The number of nitrogens with zero attached hydrogens (tertiary/aromatic N) is 1. The van der Waals surface area contributed by atoms with Crippen LogP contribution in [0.25, 0.3) is 0 Å². The number of rotatable bonds is 6. The van der Waals surface area contributed by atoms with Gasteiger partial charge in [-0.05, 0) is 37.8 Å². The van der Waals surface area contributed by atoms with Gasteiger partial charge in [0, 0.05) is 25.0 Å². The molecule has 0 aromatic heterocycles. The molecule has 2 fully saturated rings. The standard InChI is InChI=1S/C18H24Cl2N2O/c19-15-7-4-8-16(20)18(15)21-17(23)11-12-22(14-9-10-14)13-5-2-1-3-6-13/h4,7-8,13-14H,1-3,5-6,9-12H2,(H,21,23). The molecule has 0 aliphatic heterocycles. The van der Waals surface area contributed by atoms with E-state index in [0.29, 0.717) is 34.2 Å². The second-order valence-corrected chi connectivity index (χ2v) is 7.47. The maximum absolute atomic E-state index is 12.3. The van der Waals surface area contributed by atoms with Crippen LogP contribution in [0.2, 0.25) is 10.0 Å². The van der Waals surface area contributed by atoms with Gasteiger partial charge in [0.05, 0.1) is 15.7 Å². The summed E-state index contributed by atoms with van der Waals surface area (Å²) in [6.07, 6.45) is 9.66. The fourth-order valence-electron chi connectivity index (χ4n) is 3.53. The second kappa shape index (κ2) is 7.87. The number of nitrogens with one attached hydrogen (secondary N) is 1. The molecule has 126 valence electrons. The van der Waals surface area contributed by atoms with Crippen LogP contribution in [-0.2, 0) is 4.79 Å². The van der Waals surface area contributed by atoms with Gasteiger partial charge in [-0.2, -0.15) is 0 Å². The first-order valence-corrected chi connectivity index (χ1v) is 9.40. The molecule has 0 unspecified atom stereocenters. The summed E-state index contributed by atoms with van der Waals surface area (Å²) in [7, 11) is 0. The van der Waals surface area contributed by atoms with Crippen LogP contribution in [0.3, 0.4) is 0 Å². The van der Waals surface area contributed by atoms with Crippen LogP contribution in [0.5, 0.6) is 0 Å². The molecule has 1 amide bonds. The first kappa shape index (κ1) is 17.1. The van der Waals surface area contributed by atoms with Gasteiger partial charge in [-0.25, -0.2) is 0 Å². The lowest BCUT2D eigenvalue weighted by atomic mass is 9.94. The van der Waals surface area contributed by atoms with E-state index in [4.69, 9.17) is 23.2 Å². The smallest absolute Gasteiger partial charge is 0.225 e. The highest BCUT2D eigenvalue weighted by atomic mass is 35.5. The van der Waals surface area contributed by atoms with E-state index in [1.807, 2.05) is 0 Å². The number of hydrogen-bond donors (Lipinski definition) is 1. The summed E-state index contributed by atoms with van der Waals surface area (Å²) in [6.45, 7) is 0.837. The van der Waals surface area contributed by atoms with Crippen molar-refractivity contribution in [1.29, 1.82) is 0 Å². The van der Waals surface area contributed by atoms with Crippen molar-refractivity contribution >= 4 is 34.8 Å². The lowest BCUT2D eigenvalue weighted by Gasteiger charge is -2.34. The van der Waals surface area contributed by atoms with Gasteiger partial charge in [0.25, 0.3) is 0 Å². The Morgan fingerprint density at radius 3 is 2.26 bits per heavy atom. The molecule has 2 saturated carbocycles. The Bertz CT molecular complexity index is 534. The molecule has 0 bridgehead atoms. The van der Waals surface area contributed by atoms with Crippen molar-refractivity contribution in [1.82, 2.24) is 4.90 Å². The number of anilines is 1. The third-order valence-electron chi connectivity index (χ3n) is 4.88. The number of carbonyl (C=O) groups is 1. The molecule has 2 aliphatic carbocycles. The summed E-state index contributed by atoms with van der Waals surface area (Å²) in [5.74, 6) is -0.0125. The largest absolute Gasteiger partial charge is 0.324 e. The van der Waals surface area contributed by atoms with Crippen molar-refractivity contribution in [3.8, 4) is 0 Å². The van der Waals surface area contributed by atoms with E-state index in [9.17, 15) is 4.79 Å². The molecule has 0 heterocycles. The molecule has 0 spiro atoms. The average Bonchev–Trinajstić information content (AvgIpc) is 3.37. The molecular formula is C18H24Cl2N2O. The lowest BCUT2D eigenvalue weighted by molar-refractivity contribution is -0.116. The molecule has 1 N–H and O–H groups in total. The molecule has 0 atom stereocenters. The zero-order valence-corrected chi connectivity index (χ0v) is 14.9. The number of benzene rings is 1. The number of carbonyl (C=O) groups excluding carboxylic acids is 1. The molecule has 3 rings (SSSR count). The van der Waals surface area contributed by atoms with Crippen LogP contribution in [0.1, 0.15) is 51.4 Å². The van der Waals surface area contributed by atoms with Gasteiger partial charge >= 0.3 is 0 Å². The third kappa shape index (κ3) is 4.62. The van der Waals surface area contributed by atoms with Crippen molar-refractivity contribution < 1.29 is 4.79 Å². The summed E-state index contributed by atoms with van der Waals surface area (Å²) < 4.78 is 0. The third-order valence-corrected chi connectivity index (χ3v) is 5.51. The van der Waals surface area contributed by atoms with Crippen LogP contribution >= 0.6 is 23.2 Å². The van der Waals surface area contributed by atoms with Crippen molar-refractivity contribution in [3.63, 3.8) is 0 Å². The van der Waals surface area contributed by atoms with E-state index in [1.165, 1.54) is 44.9 Å². The van der Waals surface area contributed by atoms with E-state index in [2.05, 4.69) is 10.2 Å². The fourth-order valence-corrected chi connectivity index (χ4v) is 4.02. The van der Waals surface area contributed by atoms with Crippen molar-refractivity contribution in [3.05, 3.63) is 28.2 Å². The lowest BCUT2D eigenvalue weighted by Crippen LogP contribution is -2.40. The number of hydrogen-bond acceptors (Lipinski definition) is 2. The normalized spacial score (nSPS) is 19.1. The van der Waals surface area contributed by atoms with Crippen LogP contribution in [0, 0.1) is 0 Å². The SMILES string of the molecule is O=C(CCN(C1CCCCC1)C1CC1)Nc1c(Cl)cccc1Cl. The topological polar surface area (TPSA) is 32.3 Å². The molecule has 2 aliphatic rings. The number of halogens is 2. The Labute approximate surface area is 148 Å². The maximum atomic E-state index is 12.3. The zero-order chi connectivity index (χ0) is 16.2. The first-order chi connectivity index (χ1) is 11.1. The molecule has 23 heavy (non-hydrogen) atoms. The summed E-state index contributed by atoms with van der Waals surface area (Å²) >= 11 is 12.2. The van der Waals surface area contributed by atoms with Gasteiger partial charge in [0.2, 0.25) is 5.91 Å². The molecule has 1 aromatic carbocycles. The highest BCUT2D eigenvalue weighted by Gasteiger charge is 2.34. The Balaban J connectivity index is 1.54. The summed E-state index contributed by atoms with van der Waals surface area (Å²) in [4.78, 5) is 14.9. The summed E-state index contributed by atoms with van der Waals surface area (Å²) in [5.41, 5.74) is 0.525. The predicted molar refractivity (Wildman–Crippen MR) is 96.3 cm³/mol. The van der Waals surface area contributed by atoms with Crippen LogP contribution in [0.4, 0.5) is 5.69 Å². The Hall–Kier alpha value is -0.770. The van der Waals surface area contributed by atoms with Gasteiger partial charge < -0.3 is 5.32 Å². The number of amides is 1. The van der Waals surface area contributed by atoms with Crippen LogP contribution in [0.15, 0.2) is 18.2 Å². The Morgan fingerprint density at radius 2 is 1.65 bits per heavy atom. The average molecular weight is 355 g/mol. The van der Waals surface area contributed by atoms with Gasteiger partial charge in [0.1, 0.15) is 0 Å². The highest BCUT2D eigenvalue weighted by Crippen LogP contribution is 2.34. The minimum atomic E-state index is -0.0125. The fraction of sp³-hybridized carbons (Fsp3) is 0.611. The van der Waals surface area contributed by atoms with E-state index >= 15 is 0 Å². The van der Waals surface area contributed by atoms with Crippen molar-refractivity contribution in [2.45, 2.75) is 63.5 Å². The Kier molecular flexibility index (Phi) is 5.84.